The zero-order valence-electron chi connectivity index (χ0n) is 9.63. The molecule has 2 rings (SSSR count). The first-order chi connectivity index (χ1) is 8.25. The molecular formula is C13H17NO3. The molecule has 0 bridgehead atoms. The molecule has 0 aromatic heterocycles. The van der Waals surface area contributed by atoms with Crippen molar-refractivity contribution < 1.29 is 14.6 Å². The zero-order valence-corrected chi connectivity index (χ0v) is 9.63. The molecule has 4 heteroatoms. The van der Waals surface area contributed by atoms with Crippen LogP contribution in [0.15, 0.2) is 30.3 Å². The molecule has 1 fully saturated rings. The van der Waals surface area contributed by atoms with Crippen molar-refractivity contribution in [3.63, 3.8) is 0 Å². The number of aliphatic carboxylic acids is 1. The average Bonchev–Trinajstić information content (AvgIpc) is 2.38. The molecule has 17 heavy (non-hydrogen) atoms. The minimum absolute atomic E-state index is 0.00921. The second-order valence-electron chi connectivity index (χ2n) is 4.35. The Bertz CT molecular complexity index is 366. The first-order valence-corrected chi connectivity index (χ1v) is 5.85. The first kappa shape index (κ1) is 12.1. The number of benzene rings is 1. The molecule has 92 valence electrons. The molecule has 1 aromatic rings. The van der Waals surface area contributed by atoms with E-state index in [2.05, 4.69) is 5.32 Å². The Morgan fingerprint density at radius 3 is 2.82 bits per heavy atom. The number of carboxylic acid groups (broad SMARTS) is 1. The Balaban J connectivity index is 1.81. The van der Waals surface area contributed by atoms with Gasteiger partial charge in [0.15, 0.2) is 0 Å². The summed E-state index contributed by atoms with van der Waals surface area (Å²) in [6.45, 7) is 1.82. The molecule has 2 atom stereocenters. The molecule has 1 aromatic carbocycles. The number of piperidine rings is 1. The molecule has 1 aliphatic heterocycles. The fraction of sp³-hybridized carbons (Fsp3) is 0.462. The number of carbonyl (C=O) groups is 1. The van der Waals surface area contributed by atoms with E-state index in [1.807, 2.05) is 30.3 Å². The van der Waals surface area contributed by atoms with Gasteiger partial charge in [0.05, 0.1) is 18.6 Å². The molecule has 1 aliphatic rings. The van der Waals surface area contributed by atoms with Crippen molar-refractivity contribution in [3.05, 3.63) is 35.9 Å². The SMILES string of the molecule is O=C(O)C1CNCC(OCc2ccccc2)C1. The predicted molar refractivity (Wildman–Crippen MR) is 63.6 cm³/mol. The highest BCUT2D eigenvalue weighted by molar-refractivity contribution is 5.70. The summed E-state index contributed by atoms with van der Waals surface area (Å²) < 4.78 is 5.72. The minimum Gasteiger partial charge on any atom is -0.481 e. The maximum Gasteiger partial charge on any atom is 0.307 e. The summed E-state index contributed by atoms with van der Waals surface area (Å²) in [7, 11) is 0. The van der Waals surface area contributed by atoms with Gasteiger partial charge in [0.1, 0.15) is 0 Å². The third-order valence-corrected chi connectivity index (χ3v) is 2.99. The number of nitrogens with one attached hydrogen (secondary N) is 1. The van der Waals surface area contributed by atoms with Crippen LogP contribution in [0, 0.1) is 5.92 Å². The molecule has 1 heterocycles. The minimum atomic E-state index is -0.745. The van der Waals surface area contributed by atoms with Crippen molar-refractivity contribution in [1.29, 1.82) is 0 Å². The Kier molecular flexibility index (Phi) is 4.12. The van der Waals surface area contributed by atoms with Gasteiger partial charge in [-0.1, -0.05) is 30.3 Å². The van der Waals surface area contributed by atoms with E-state index in [1.165, 1.54) is 0 Å². The topological polar surface area (TPSA) is 58.6 Å². The van der Waals surface area contributed by atoms with Gasteiger partial charge < -0.3 is 15.2 Å². The molecular weight excluding hydrogens is 218 g/mol. The zero-order chi connectivity index (χ0) is 12.1. The molecule has 1 saturated heterocycles. The van der Waals surface area contributed by atoms with Crippen LogP contribution in [0.3, 0.4) is 0 Å². The molecule has 4 nitrogen and oxygen atoms in total. The van der Waals surface area contributed by atoms with Crippen LogP contribution in [0.4, 0.5) is 0 Å². The summed E-state index contributed by atoms with van der Waals surface area (Å²) in [6, 6.07) is 9.91. The van der Waals surface area contributed by atoms with E-state index in [1.54, 1.807) is 0 Å². The van der Waals surface area contributed by atoms with E-state index in [4.69, 9.17) is 9.84 Å². The van der Waals surface area contributed by atoms with Crippen molar-refractivity contribution >= 4 is 5.97 Å². The van der Waals surface area contributed by atoms with Crippen molar-refractivity contribution in [2.24, 2.45) is 5.92 Å². The van der Waals surface area contributed by atoms with E-state index < -0.39 is 5.97 Å². The van der Waals surface area contributed by atoms with E-state index >= 15 is 0 Å². The normalized spacial score (nSPS) is 24.5. The molecule has 0 saturated carbocycles. The second-order valence-corrected chi connectivity index (χ2v) is 4.35. The largest absolute Gasteiger partial charge is 0.481 e. The lowest BCUT2D eigenvalue weighted by Crippen LogP contribution is -2.43. The average molecular weight is 235 g/mol. The second kappa shape index (κ2) is 5.80. The summed E-state index contributed by atoms with van der Waals surface area (Å²) in [5.74, 6) is -1.07. The van der Waals surface area contributed by atoms with Crippen molar-refractivity contribution in [1.82, 2.24) is 5.32 Å². The van der Waals surface area contributed by atoms with Gasteiger partial charge in [-0.3, -0.25) is 4.79 Å². The van der Waals surface area contributed by atoms with Crippen molar-refractivity contribution in [2.45, 2.75) is 19.1 Å². The smallest absolute Gasteiger partial charge is 0.307 e. The Morgan fingerprint density at radius 1 is 1.35 bits per heavy atom. The predicted octanol–water partition coefficient (Wildman–Crippen LogP) is 1.27. The quantitative estimate of drug-likeness (QED) is 0.825. The van der Waals surface area contributed by atoms with Crippen LogP contribution < -0.4 is 5.32 Å². The van der Waals surface area contributed by atoms with Crippen LogP contribution in [-0.2, 0) is 16.1 Å². The van der Waals surface area contributed by atoms with Crippen LogP contribution in [0.2, 0.25) is 0 Å². The summed E-state index contributed by atoms with van der Waals surface area (Å²) in [5, 5.41) is 12.0. The van der Waals surface area contributed by atoms with Crippen molar-refractivity contribution in [3.8, 4) is 0 Å². The van der Waals surface area contributed by atoms with Gasteiger partial charge in [0.25, 0.3) is 0 Å². The fourth-order valence-corrected chi connectivity index (χ4v) is 2.01. The van der Waals surface area contributed by atoms with Gasteiger partial charge >= 0.3 is 5.97 Å². The standard InChI is InChI=1S/C13H17NO3/c15-13(16)11-6-12(8-14-7-11)17-9-10-4-2-1-3-5-10/h1-5,11-12,14H,6-9H2,(H,15,16). The Hall–Kier alpha value is -1.39. The Morgan fingerprint density at radius 2 is 2.12 bits per heavy atom. The number of hydrogen-bond acceptors (Lipinski definition) is 3. The Labute approximate surface area is 101 Å². The van der Waals surface area contributed by atoms with E-state index in [0.29, 0.717) is 19.6 Å². The maximum absolute atomic E-state index is 10.9. The van der Waals surface area contributed by atoms with Crippen LogP contribution >= 0.6 is 0 Å². The molecule has 0 spiro atoms. The lowest BCUT2D eigenvalue weighted by Gasteiger charge is -2.27. The highest BCUT2D eigenvalue weighted by Gasteiger charge is 2.27. The monoisotopic (exact) mass is 235 g/mol. The number of rotatable bonds is 4. The van der Waals surface area contributed by atoms with Gasteiger partial charge in [0, 0.05) is 13.1 Å². The van der Waals surface area contributed by atoms with Gasteiger partial charge in [-0.05, 0) is 12.0 Å². The van der Waals surface area contributed by atoms with E-state index in [-0.39, 0.29) is 12.0 Å². The maximum atomic E-state index is 10.9. The third-order valence-electron chi connectivity index (χ3n) is 2.99. The van der Waals surface area contributed by atoms with Crippen LogP contribution in [0.25, 0.3) is 0 Å². The van der Waals surface area contributed by atoms with Gasteiger partial charge in [-0.15, -0.1) is 0 Å². The summed E-state index contributed by atoms with van der Waals surface area (Å²) >= 11 is 0. The lowest BCUT2D eigenvalue weighted by atomic mass is 9.98. The summed E-state index contributed by atoms with van der Waals surface area (Å²) in [4.78, 5) is 10.9. The number of ether oxygens (including phenoxy) is 1. The van der Waals surface area contributed by atoms with Crippen LogP contribution in [-0.4, -0.2) is 30.3 Å². The van der Waals surface area contributed by atoms with Gasteiger partial charge in [0.2, 0.25) is 0 Å². The fourth-order valence-electron chi connectivity index (χ4n) is 2.01. The summed E-state index contributed by atoms with van der Waals surface area (Å²) in [5.41, 5.74) is 1.12. The van der Waals surface area contributed by atoms with Crippen LogP contribution in [0.1, 0.15) is 12.0 Å². The third kappa shape index (κ3) is 3.54. The highest BCUT2D eigenvalue weighted by Crippen LogP contribution is 2.15. The van der Waals surface area contributed by atoms with Gasteiger partial charge in [-0.25, -0.2) is 0 Å². The lowest BCUT2D eigenvalue weighted by molar-refractivity contribution is -0.144. The molecule has 2 unspecified atom stereocenters. The highest BCUT2D eigenvalue weighted by atomic mass is 16.5. The molecule has 0 aliphatic carbocycles. The number of hydrogen-bond donors (Lipinski definition) is 2. The van der Waals surface area contributed by atoms with Gasteiger partial charge in [-0.2, -0.15) is 0 Å². The first-order valence-electron chi connectivity index (χ1n) is 5.85. The molecule has 0 radical (unpaired) electrons. The molecule has 0 amide bonds. The summed E-state index contributed by atoms with van der Waals surface area (Å²) in [6.07, 6.45) is 0.583. The van der Waals surface area contributed by atoms with Crippen LogP contribution in [0.5, 0.6) is 0 Å². The van der Waals surface area contributed by atoms with E-state index in [9.17, 15) is 4.79 Å². The molecule has 2 N–H and O–H groups in total. The van der Waals surface area contributed by atoms with Crippen molar-refractivity contribution in [2.75, 3.05) is 13.1 Å². The van der Waals surface area contributed by atoms with E-state index in [0.717, 1.165) is 12.1 Å². The number of carboxylic acids is 1.